The van der Waals surface area contributed by atoms with E-state index in [2.05, 4.69) is 15.2 Å². The van der Waals surface area contributed by atoms with Crippen LogP contribution in [0.3, 0.4) is 0 Å². The predicted molar refractivity (Wildman–Crippen MR) is 101 cm³/mol. The van der Waals surface area contributed by atoms with E-state index in [9.17, 15) is 9.59 Å². The summed E-state index contributed by atoms with van der Waals surface area (Å²) in [4.78, 5) is 33.9. The molecule has 136 valence electrons. The van der Waals surface area contributed by atoms with Crippen LogP contribution in [-0.2, 0) is 0 Å². The molecule has 5 heterocycles. The molecule has 1 unspecified atom stereocenters. The Morgan fingerprint density at radius 3 is 2.88 bits per heavy atom. The van der Waals surface area contributed by atoms with E-state index in [1.54, 1.807) is 12.3 Å². The molecule has 7 heteroatoms. The van der Waals surface area contributed by atoms with Crippen molar-refractivity contribution in [3.8, 4) is 0 Å². The van der Waals surface area contributed by atoms with Gasteiger partial charge in [-0.2, -0.15) is 0 Å². The summed E-state index contributed by atoms with van der Waals surface area (Å²) in [5, 5.41) is 5.89. The molecule has 2 bridgehead atoms. The Kier molecular flexibility index (Phi) is 3.94. The van der Waals surface area contributed by atoms with Crippen molar-refractivity contribution in [2.24, 2.45) is 5.92 Å². The molecule has 3 saturated heterocycles. The molecule has 1 N–H and O–H groups in total. The number of piperidine rings is 1. The normalized spacial score (nSPS) is 27.4. The van der Waals surface area contributed by atoms with Gasteiger partial charge >= 0.3 is 0 Å². The van der Waals surface area contributed by atoms with Crippen molar-refractivity contribution in [1.29, 1.82) is 0 Å². The zero-order valence-corrected chi connectivity index (χ0v) is 15.4. The molecule has 0 aromatic carbocycles. The van der Waals surface area contributed by atoms with Gasteiger partial charge in [0, 0.05) is 49.2 Å². The minimum Gasteiger partial charge on any atom is -0.347 e. The van der Waals surface area contributed by atoms with Gasteiger partial charge in [0.2, 0.25) is 0 Å². The number of aromatic nitrogens is 1. The van der Waals surface area contributed by atoms with Crippen molar-refractivity contribution < 1.29 is 9.59 Å². The third-order valence-electron chi connectivity index (χ3n) is 5.87. The van der Waals surface area contributed by atoms with Crippen molar-refractivity contribution in [3.05, 3.63) is 28.9 Å². The van der Waals surface area contributed by atoms with Crippen LogP contribution in [-0.4, -0.2) is 65.4 Å². The fraction of sp³-hybridized carbons (Fsp3) is 0.526. The lowest BCUT2D eigenvalue weighted by molar-refractivity contribution is 0.0654. The Morgan fingerprint density at radius 1 is 1.23 bits per heavy atom. The zero-order valence-electron chi connectivity index (χ0n) is 14.6. The van der Waals surface area contributed by atoms with Gasteiger partial charge in [-0.05, 0) is 37.8 Å². The number of hydrogen-bond donors (Lipinski definition) is 1. The van der Waals surface area contributed by atoms with Gasteiger partial charge in [-0.1, -0.05) is 0 Å². The number of hydrogen-bond acceptors (Lipinski definition) is 5. The molecule has 6 nitrogen and oxygen atoms in total. The SMILES string of the molecule is O=C(N[C@@H]1C[C@@H]2CCN(C2)C1)c1cc2c(C(=O)N3CCC3)csc2cn1. The molecule has 0 saturated carbocycles. The summed E-state index contributed by atoms with van der Waals surface area (Å²) in [6.45, 7) is 4.91. The van der Waals surface area contributed by atoms with Crippen LogP contribution in [0.5, 0.6) is 0 Å². The van der Waals surface area contributed by atoms with Crippen LogP contribution in [0, 0.1) is 5.92 Å². The highest BCUT2D eigenvalue weighted by Crippen LogP contribution is 2.29. The van der Waals surface area contributed by atoms with Crippen LogP contribution in [0.2, 0.25) is 0 Å². The minimum absolute atomic E-state index is 0.0664. The van der Waals surface area contributed by atoms with Crippen molar-refractivity contribution >= 4 is 33.2 Å². The van der Waals surface area contributed by atoms with E-state index in [0.29, 0.717) is 17.2 Å². The molecule has 3 atom stereocenters. The van der Waals surface area contributed by atoms with Crippen LogP contribution < -0.4 is 5.32 Å². The fourth-order valence-electron chi connectivity index (χ4n) is 4.34. The molecular formula is C19H22N4O2S. The summed E-state index contributed by atoms with van der Waals surface area (Å²) in [7, 11) is 0. The average Bonchev–Trinajstić information content (AvgIpc) is 3.15. The fourth-order valence-corrected chi connectivity index (χ4v) is 5.22. The maximum Gasteiger partial charge on any atom is 0.270 e. The molecule has 0 spiro atoms. The third kappa shape index (κ3) is 2.79. The molecule has 3 aliphatic heterocycles. The number of thiophene rings is 1. The van der Waals surface area contributed by atoms with Crippen molar-refractivity contribution in [1.82, 2.24) is 20.1 Å². The second-order valence-electron chi connectivity index (χ2n) is 7.68. The molecule has 0 aliphatic carbocycles. The second-order valence-corrected chi connectivity index (χ2v) is 8.59. The van der Waals surface area contributed by atoms with Crippen molar-refractivity contribution in [2.45, 2.75) is 25.3 Å². The number of amides is 2. The number of nitrogens with zero attached hydrogens (tertiary/aromatic N) is 3. The van der Waals surface area contributed by atoms with Gasteiger partial charge in [-0.25, -0.2) is 4.98 Å². The lowest BCUT2D eigenvalue weighted by atomic mass is 9.97. The van der Waals surface area contributed by atoms with Gasteiger partial charge in [-0.15, -0.1) is 11.3 Å². The van der Waals surface area contributed by atoms with Gasteiger partial charge in [0.15, 0.2) is 0 Å². The van der Waals surface area contributed by atoms with Gasteiger partial charge in [0.25, 0.3) is 11.8 Å². The Hall–Kier alpha value is -1.99. The highest BCUT2D eigenvalue weighted by Gasteiger charge is 2.33. The monoisotopic (exact) mass is 370 g/mol. The van der Waals surface area contributed by atoms with Gasteiger partial charge in [-0.3, -0.25) is 9.59 Å². The Bertz CT molecular complexity index is 864. The quantitative estimate of drug-likeness (QED) is 0.897. The van der Waals surface area contributed by atoms with Crippen LogP contribution >= 0.6 is 11.3 Å². The second kappa shape index (κ2) is 6.32. The van der Waals surface area contributed by atoms with Crippen LogP contribution in [0.1, 0.15) is 40.1 Å². The summed E-state index contributed by atoms with van der Waals surface area (Å²) in [6.07, 6.45) is 5.09. The van der Waals surface area contributed by atoms with E-state index in [0.717, 1.165) is 49.1 Å². The number of nitrogens with one attached hydrogen (secondary N) is 1. The maximum absolute atomic E-state index is 12.7. The van der Waals surface area contributed by atoms with Gasteiger partial charge < -0.3 is 15.1 Å². The van der Waals surface area contributed by atoms with E-state index < -0.39 is 0 Å². The lowest BCUT2D eigenvalue weighted by Crippen LogP contribution is -2.47. The van der Waals surface area contributed by atoms with Crippen molar-refractivity contribution in [3.63, 3.8) is 0 Å². The molecule has 3 fully saturated rings. The number of fused-ring (bicyclic) bond motifs is 3. The first-order valence-corrected chi connectivity index (χ1v) is 10.2. The van der Waals surface area contributed by atoms with Crippen LogP contribution in [0.4, 0.5) is 0 Å². The van der Waals surface area contributed by atoms with Crippen LogP contribution in [0.25, 0.3) is 10.1 Å². The summed E-state index contributed by atoms with van der Waals surface area (Å²) in [5.41, 5.74) is 1.10. The molecule has 26 heavy (non-hydrogen) atoms. The average molecular weight is 370 g/mol. The summed E-state index contributed by atoms with van der Waals surface area (Å²) >= 11 is 1.51. The molecule has 2 aromatic rings. The van der Waals surface area contributed by atoms with E-state index in [-0.39, 0.29) is 17.9 Å². The van der Waals surface area contributed by atoms with Gasteiger partial charge in [0.1, 0.15) is 5.69 Å². The summed E-state index contributed by atoms with van der Waals surface area (Å²) < 4.78 is 0.951. The summed E-state index contributed by atoms with van der Waals surface area (Å²) in [6, 6.07) is 1.98. The Labute approximate surface area is 156 Å². The molecule has 0 radical (unpaired) electrons. The molecule has 2 aromatic heterocycles. The first-order chi connectivity index (χ1) is 12.7. The molecule has 3 aliphatic rings. The number of pyridine rings is 1. The van der Waals surface area contributed by atoms with Gasteiger partial charge in [0.05, 0.1) is 10.3 Å². The summed E-state index contributed by atoms with van der Waals surface area (Å²) in [5.74, 6) is 0.645. The van der Waals surface area contributed by atoms with E-state index >= 15 is 0 Å². The predicted octanol–water partition coefficient (Wildman–Crippen LogP) is 1.97. The molecule has 2 amide bonds. The van der Waals surface area contributed by atoms with Crippen LogP contribution in [0.15, 0.2) is 17.6 Å². The van der Waals surface area contributed by atoms with E-state index in [4.69, 9.17) is 0 Å². The Balaban J connectivity index is 1.36. The van der Waals surface area contributed by atoms with E-state index in [1.165, 1.54) is 24.3 Å². The zero-order chi connectivity index (χ0) is 17.7. The number of carbonyl (C=O) groups is 2. The first-order valence-electron chi connectivity index (χ1n) is 9.37. The number of rotatable bonds is 3. The third-order valence-corrected chi connectivity index (χ3v) is 6.80. The number of carbonyl (C=O) groups excluding carboxylic acids is 2. The topological polar surface area (TPSA) is 65.5 Å². The minimum atomic E-state index is -0.132. The lowest BCUT2D eigenvalue weighted by Gasteiger charge is -2.30. The number of likely N-dealkylation sites (tertiary alicyclic amines) is 1. The Morgan fingerprint density at radius 2 is 2.12 bits per heavy atom. The van der Waals surface area contributed by atoms with E-state index in [1.807, 2.05) is 10.3 Å². The maximum atomic E-state index is 12.7. The van der Waals surface area contributed by atoms with Crippen molar-refractivity contribution in [2.75, 3.05) is 32.7 Å². The first kappa shape index (κ1) is 16.2. The standard InChI is InChI=1S/C19H22N4O2S/c24-18(21-13-6-12-2-5-22(9-12)10-13)16-7-14-15(11-26-17(14)8-20-16)19(25)23-3-1-4-23/h7-8,11-13H,1-6,9-10H2,(H,21,24)/t12-,13+/m0/s1. The molecule has 5 rings (SSSR count). The smallest absolute Gasteiger partial charge is 0.270 e. The molecular weight excluding hydrogens is 348 g/mol. The highest BCUT2D eigenvalue weighted by molar-refractivity contribution is 7.17. The highest BCUT2D eigenvalue weighted by atomic mass is 32.1. The largest absolute Gasteiger partial charge is 0.347 e.